The number of benzene rings is 8. The van der Waals surface area contributed by atoms with Crippen molar-refractivity contribution in [2.45, 2.75) is 0 Å². The summed E-state index contributed by atoms with van der Waals surface area (Å²) in [4.78, 5) is 16.0. The molecule has 0 fully saturated rings. The van der Waals surface area contributed by atoms with Gasteiger partial charge in [-0.25, -0.2) is 4.98 Å². The minimum atomic E-state index is 0.600. The lowest BCUT2D eigenvalue weighted by Crippen LogP contribution is -2.06. The first-order chi connectivity index (χ1) is 27.3. The van der Waals surface area contributed by atoms with Gasteiger partial charge in [0.05, 0.1) is 15.7 Å². The maximum Gasteiger partial charge on any atom is 0.238 e. The zero-order valence-electron chi connectivity index (χ0n) is 29.3. The van der Waals surface area contributed by atoms with Gasteiger partial charge < -0.3 is 0 Å². The molecule has 0 saturated heterocycles. The quantitative estimate of drug-likeness (QED) is 0.181. The van der Waals surface area contributed by atoms with Gasteiger partial charge in [0.25, 0.3) is 0 Å². The zero-order valence-corrected chi connectivity index (χ0v) is 30.9. The molecule has 4 heterocycles. The number of hydrogen-bond acceptors (Lipinski definition) is 5. The summed E-state index contributed by atoms with van der Waals surface area (Å²) in [6, 6.07) is 60.5. The van der Waals surface area contributed by atoms with Crippen molar-refractivity contribution in [3.8, 4) is 39.9 Å². The van der Waals surface area contributed by atoms with Gasteiger partial charge in [-0.05, 0) is 58.3 Å². The first-order valence-corrected chi connectivity index (χ1v) is 20.0. The summed E-state index contributed by atoms with van der Waals surface area (Å²) >= 11 is 3.66. The fourth-order valence-electron chi connectivity index (χ4n) is 8.36. The summed E-state index contributed by atoms with van der Waals surface area (Å²) in [5, 5.41) is 9.88. The average molecular weight is 737 g/mol. The Kier molecular flexibility index (Phi) is 6.64. The van der Waals surface area contributed by atoms with Gasteiger partial charge in [-0.1, -0.05) is 133 Å². The molecule has 4 nitrogen and oxygen atoms in total. The van der Waals surface area contributed by atoms with Gasteiger partial charge in [0.2, 0.25) is 5.95 Å². The Hall–Kier alpha value is -6.73. The van der Waals surface area contributed by atoms with Crippen LogP contribution < -0.4 is 0 Å². The van der Waals surface area contributed by atoms with E-state index in [2.05, 4.69) is 168 Å². The van der Waals surface area contributed by atoms with Crippen LogP contribution in [-0.4, -0.2) is 19.5 Å². The number of rotatable bonds is 4. The monoisotopic (exact) mass is 736 g/mol. The molecule has 12 rings (SSSR count). The summed E-state index contributed by atoms with van der Waals surface area (Å²) < 4.78 is 7.31. The molecular formula is C49H28N4S2. The van der Waals surface area contributed by atoms with Crippen molar-refractivity contribution < 1.29 is 0 Å². The molecule has 6 heteroatoms. The SMILES string of the molecule is c1ccc(-c2ccc(-c3nc(-c4ccc5sc6ccccc6c5c4)nc(-n4c5ccccc5c5c6ccccc6c6c7ccccc7sc6c54)n3)cc2)cc1. The van der Waals surface area contributed by atoms with Crippen LogP contribution in [0.25, 0.3) is 113 Å². The summed E-state index contributed by atoms with van der Waals surface area (Å²) in [5.41, 5.74) is 6.40. The third-order valence-corrected chi connectivity index (χ3v) is 13.2. The van der Waals surface area contributed by atoms with E-state index in [1.807, 2.05) is 28.7 Å². The highest BCUT2D eigenvalue weighted by Crippen LogP contribution is 2.47. The van der Waals surface area contributed by atoms with E-state index in [0.717, 1.165) is 27.7 Å². The van der Waals surface area contributed by atoms with Crippen molar-refractivity contribution in [3.63, 3.8) is 0 Å². The van der Waals surface area contributed by atoms with Crippen LogP contribution in [-0.2, 0) is 0 Å². The summed E-state index contributed by atoms with van der Waals surface area (Å²) in [6.45, 7) is 0. The molecule has 256 valence electrons. The number of para-hydroxylation sites is 1. The van der Waals surface area contributed by atoms with E-state index in [-0.39, 0.29) is 0 Å². The smallest absolute Gasteiger partial charge is 0.238 e. The molecule has 0 aliphatic carbocycles. The molecule has 0 saturated carbocycles. The van der Waals surface area contributed by atoms with Gasteiger partial charge in [0, 0.05) is 57.5 Å². The molecule has 0 aliphatic heterocycles. The van der Waals surface area contributed by atoms with E-state index in [0.29, 0.717) is 17.6 Å². The first-order valence-electron chi connectivity index (χ1n) is 18.4. The topological polar surface area (TPSA) is 43.6 Å². The minimum absolute atomic E-state index is 0.600. The van der Waals surface area contributed by atoms with Crippen molar-refractivity contribution in [1.29, 1.82) is 0 Å². The van der Waals surface area contributed by atoms with Crippen LogP contribution in [0.3, 0.4) is 0 Å². The Morgan fingerprint density at radius 3 is 1.69 bits per heavy atom. The second-order valence-corrected chi connectivity index (χ2v) is 16.1. The lowest BCUT2D eigenvalue weighted by Gasteiger charge is -2.12. The molecular weight excluding hydrogens is 709 g/mol. The van der Waals surface area contributed by atoms with Crippen molar-refractivity contribution >= 4 is 95.6 Å². The number of nitrogens with zero attached hydrogens (tertiary/aromatic N) is 4. The summed E-state index contributed by atoms with van der Waals surface area (Å²) in [7, 11) is 0. The van der Waals surface area contributed by atoms with Crippen molar-refractivity contribution in [2.75, 3.05) is 0 Å². The van der Waals surface area contributed by atoms with Crippen LogP contribution in [0.4, 0.5) is 0 Å². The fourth-order valence-corrected chi connectivity index (χ4v) is 10.7. The Morgan fingerprint density at radius 2 is 0.909 bits per heavy atom. The van der Waals surface area contributed by atoms with E-state index in [4.69, 9.17) is 15.0 Å². The number of aromatic nitrogens is 4. The Balaban J connectivity index is 1.18. The molecule has 0 N–H and O–H groups in total. The van der Waals surface area contributed by atoms with Crippen LogP contribution in [0, 0.1) is 0 Å². The van der Waals surface area contributed by atoms with Gasteiger partial charge in [-0.2, -0.15) is 9.97 Å². The third kappa shape index (κ3) is 4.65. The Morgan fingerprint density at radius 1 is 0.364 bits per heavy atom. The molecule has 4 aromatic heterocycles. The molecule has 0 radical (unpaired) electrons. The maximum atomic E-state index is 5.40. The molecule has 0 atom stereocenters. The normalized spacial score (nSPS) is 12.0. The van der Waals surface area contributed by atoms with Gasteiger partial charge in [-0.3, -0.25) is 4.57 Å². The molecule has 12 aromatic rings. The van der Waals surface area contributed by atoms with Gasteiger partial charge >= 0.3 is 0 Å². The summed E-state index contributed by atoms with van der Waals surface area (Å²) in [6.07, 6.45) is 0. The van der Waals surface area contributed by atoms with E-state index in [1.165, 1.54) is 67.5 Å². The maximum absolute atomic E-state index is 5.40. The number of hydrogen-bond donors (Lipinski definition) is 0. The molecule has 8 aromatic carbocycles. The highest BCUT2D eigenvalue weighted by atomic mass is 32.1. The molecule has 55 heavy (non-hydrogen) atoms. The molecule has 0 bridgehead atoms. The largest absolute Gasteiger partial charge is 0.276 e. The molecule has 0 unspecified atom stereocenters. The van der Waals surface area contributed by atoms with E-state index < -0.39 is 0 Å². The van der Waals surface area contributed by atoms with Gasteiger partial charge in [0.1, 0.15) is 0 Å². The van der Waals surface area contributed by atoms with Crippen LogP contribution in [0.5, 0.6) is 0 Å². The van der Waals surface area contributed by atoms with Crippen LogP contribution >= 0.6 is 22.7 Å². The highest BCUT2D eigenvalue weighted by molar-refractivity contribution is 7.27. The van der Waals surface area contributed by atoms with E-state index in [1.54, 1.807) is 0 Å². The van der Waals surface area contributed by atoms with Gasteiger partial charge in [-0.15, -0.1) is 22.7 Å². The lowest BCUT2D eigenvalue weighted by atomic mass is 9.99. The first kappa shape index (κ1) is 30.7. The lowest BCUT2D eigenvalue weighted by molar-refractivity contribution is 0.956. The predicted molar refractivity (Wildman–Crippen MR) is 234 cm³/mol. The van der Waals surface area contributed by atoms with Crippen molar-refractivity contribution in [3.05, 3.63) is 170 Å². The van der Waals surface area contributed by atoms with Crippen molar-refractivity contribution in [2.24, 2.45) is 0 Å². The highest BCUT2D eigenvalue weighted by Gasteiger charge is 2.24. The fraction of sp³-hybridized carbons (Fsp3) is 0. The average Bonchev–Trinajstić information content (AvgIpc) is 3.94. The molecule has 0 aliphatic rings. The number of fused-ring (bicyclic) bond motifs is 13. The van der Waals surface area contributed by atoms with Crippen molar-refractivity contribution in [1.82, 2.24) is 19.5 Å². The Labute approximate surface area is 323 Å². The van der Waals surface area contributed by atoms with E-state index in [9.17, 15) is 0 Å². The molecule has 0 amide bonds. The Bertz CT molecular complexity index is 3490. The third-order valence-electron chi connectivity index (χ3n) is 10.9. The minimum Gasteiger partial charge on any atom is -0.276 e. The molecule has 0 spiro atoms. The summed E-state index contributed by atoms with van der Waals surface area (Å²) in [5.74, 6) is 1.88. The van der Waals surface area contributed by atoms with Crippen LogP contribution in [0.2, 0.25) is 0 Å². The van der Waals surface area contributed by atoms with E-state index >= 15 is 0 Å². The van der Waals surface area contributed by atoms with Crippen LogP contribution in [0.15, 0.2) is 170 Å². The number of thiophene rings is 2. The zero-order chi connectivity index (χ0) is 36.0. The standard InChI is InChI=1S/C49H28N4S2/c1-2-12-29(13-3-1)30-22-24-31(25-23-30)47-50-48(32-26-27-42-38(28-32)33-14-7-10-20-40(33)54-42)52-49(51-47)53-39-19-9-6-17-36(39)43-34-15-4-5-16-35(34)44-37-18-8-11-21-41(37)55-46(44)45(43)53/h1-28H. The van der Waals surface area contributed by atoms with Gasteiger partial charge in [0.15, 0.2) is 11.6 Å². The van der Waals surface area contributed by atoms with Crippen LogP contribution in [0.1, 0.15) is 0 Å². The second-order valence-electron chi connectivity index (χ2n) is 14.0. The second kappa shape index (κ2) is 11.9. The predicted octanol–water partition coefficient (Wildman–Crippen LogP) is 13.9.